The number of aromatic nitrogens is 1. The van der Waals surface area contributed by atoms with Crippen LogP contribution in [0.25, 0.3) is 11.1 Å². The number of halogens is 1. The molecule has 2 aromatic rings. The summed E-state index contributed by atoms with van der Waals surface area (Å²) in [4.78, 5) is 14.1. The molecule has 0 spiro atoms. The van der Waals surface area contributed by atoms with Crippen LogP contribution in [-0.4, -0.2) is 16.4 Å². The van der Waals surface area contributed by atoms with Crippen molar-refractivity contribution in [2.75, 3.05) is 0 Å². The van der Waals surface area contributed by atoms with Gasteiger partial charge in [-0.2, -0.15) is 0 Å². The number of hydrogen-bond acceptors (Lipinski definition) is 3. The molecule has 0 aliphatic heterocycles. The second kappa shape index (κ2) is 4.33. The molecule has 16 heavy (non-hydrogen) atoms. The summed E-state index contributed by atoms with van der Waals surface area (Å²) in [5.74, 6) is -0.178. The maximum Gasteiger partial charge on any atom is 0.257 e. The fraction of sp³-hybridized carbons (Fsp3) is 0. The Morgan fingerprint density at radius 1 is 1.19 bits per heavy atom. The molecule has 0 aliphatic carbocycles. The minimum atomic E-state index is -0.178. The van der Waals surface area contributed by atoms with Crippen LogP contribution >= 0.6 is 11.6 Å². The van der Waals surface area contributed by atoms with Crippen molar-refractivity contribution in [1.82, 2.24) is 4.98 Å². The van der Waals surface area contributed by atoms with Crippen LogP contribution in [0, 0.1) is 0 Å². The molecule has 0 bridgehead atoms. The average molecular weight is 233 g/mol. The molecule has 4 heteroatoms. The third kappa shape index (κ3) is 2.04. The first-order valence-electron chi connectivity index (χ1n) is 4.54. The molecule has 0 saturated heterocycles. The van der Waals surface area contributed by atoms with Gasteiger partial charge >= 0.3 is 0 Å². The lowest BCUT2D eigenvalue weighted by Crippen LogP contribution is -1.88. The zero-order valence-corrected chi connectivity index (χ0v) is 8.90. The number of hydrogen-bond donors (Lipinski definition) is 1. The highest BCUT2D eigenvalue weighted by Crippen LogP contribution is 2.24. The van der Waals surface area contributed by atoms with Gasteiger partial charge in [0, 0.05) is 16.8 Å². The zero-order valence-electron chi connectivity index (χ0n) is 8.14. The third-order valence-corrected chi connectivity index (χ3v) is 2.39. The van der Waals surface area contributed by atoms with Gasteiger partial charge in [0.15, 0.2) is 5.69 Å². The van der Waals surface area contributed by atoms with Crippen molar-refractivity contribution in [2.45, 2.75) is 0 Å². The number of pyridine rings is 1. The first-order chi connectivity index (χ1) is 7.70. The molecule has 0 fully saturated rings. The standard InChI is InChI=1S/C12H7ClNO2/c13-10-3-1-8(2-4-10)9-5-12(16)11(7-15)14-6-9/h1-6,16H. The van der Waals surface area contributed by atoms with Gasteiger partial charge in [-0.05, 0) is 23.8 Å². The van der Waals surface area contributed by atoms with E-state index in [0.29, 0.717) is 10.6 Å². The Hall–Kier alpha value is -1.87. The van der Waals surface area contributed by atoms with Crippen molar-refractivity contribution in [3.63, 3.8) is 0 Å². The Labute approximate surface area is 97.3 Å². The van der Waals surface area contributed by atoms with Crippen LogP contribution in [0.5, 0.6) is 5.75 Å². The Bertz CT molecular complexity index is 523. The molecule has 0 saturated carbocycles. The normalized spacial score (nSPS) is 10.1. The molecule has 1 radical (unpaired) electrons. The Morgan fingerprint density at radius 3 is 2.44 bits per heavy atom. The fourth-order valence-corrected chi connectivity index (χ4v) is 1.46. The van der Waals surface area contributed by atoms with E-state index in [-0.39, 0.29) is 11.4 Å². The first kappa shape index (κ1) is 10.6. The molecule has 1 N–H and O–H groups in total. The summed E-state index contributed by atoms with van der Waals surface area (Å²) in [7, 11) is 0. The summed E-state index contributed by atoms with van der Waals surface area (Å²) in [6, 6.07) is 8.57. The smallest absolute Gasteiger partial charge is 0.257 e. The van der Waals surface area contributed by atoms with E-state index in [0.717, 1.165) is 5.56 Å². The van der Waals surface area contributed by atoms with E-state index in [4.69, 9.17) is 11.6 Å². The molecule has 0 amide bonds. The van der Waals surface area contributed by atoms with Crippen LogP contribution in [0.3, 0.4) is 0 Å². The fourth-order valence-electron chi connectivity index (χ4n) is 1.33. The highest BCUT2D eigenvalue weighted by molar-refractivity contribution is 6.30. The predicted octanol–water partition coefficient (Wildman–Crippen LogP) is 2.57. The Balaban J connectivity index is 2.45. The van der Waals surface area contributed by atoms with Crippen molar-refractivity contribution in [1.29, 1.82) is 0 Å². The monoisotopic (exact) mass is 232 g/mol. The van der Waals surface area contributed by atoms with Crippen molar-refractivity contribution in [3.8, 4) is 16.9 Å². The molecule has 1 heterocycles. The van der Waals surface area contributed by atoms with Crippen LogP contribution in [0.4, 0.5) is 0 Å². The van der Waals surface area contributed by atoms with Gasteiger partial charge in [0.05, 0.1) is 0 Å². The largest absolute Gasteiger partial charge is 0.506 e. The minimum absolute atomic E-state index is 0.0855. The topological polar surface area (TPSA) is 50.2 Å². The highest BCUT2D eigenvalue weighted by Gasteiger charge is 2.05. The van der Waals surface area contributed by atoms with E-state index in [1.54, 1.807) is 18.4 Å². The van der Waals surface area contributed by atoms with Gasteiger partial charge in [-0.25, -0.2) is 4.98 Å². The van der Waals surface area contributed by atoms with Gasteiger partial charge < -0.3 is 5.11 Å². The number of benzene rings is 1. The van der Waals surface area contributed by atoms with Gasteiger partial charge in [0.2, 0.25) is 0 Å². The maximum atomic E-state index is 10.4. The second-order valence-corrected chi connectivity index (χ2v) is 3.64. The molecule has 2 rings (SSSR count). The molecule has 1 aromatic carbocycles. The third-order valence-electron chi connectivity index (χ3n) is 2.14. The minimum Gasteiger partial charge on any atom is -0.506 e. The number of nitrogens with zero attached hydrogens (tertiary/aromatic N) is 1. The first-order valence-corrected chi connectivity index (χ1v) is 4.91. The predicted molar refractivity (Wildman–Crippen MR) is 61.1 cm³/mol. The van der Waals surface area contributed by atoms with E-state index in [1.807, 2.05) is 12.1 Å². The van der Waals surface area contributed by atoms with E-state index >= 15 is 0 Å². The number of aromatic hydroxyl groups is 1. The summed E-state index contributed by atoms with van der Waals surface area (Å²) in [6.45, 7) is 0. The Morgan fingerprint density at radius 2 is 1.88 bits per heavy atom. The van der Waals surface area contributed by atoms with Crippen LogP contribution < -0.4 is 0 Å². The van der Waals surface area contributed by atoms with Gasteiger partial charge in [0.1, 0.15) is 5.75 Å². The number of carbonyl (C=O) groups excluding carboxylic acids is 1. The lowest BCUT2D eigenvalue weighted by atomic mass is 10.1. The van der Waals surface area contributed by atoms with Gasteiger partial charge in [-0.1, -0.05) is 23.7 Å². The lowest BCUT2D eigenvalue weighted by molar-refractivity contribution is 0.469. The number of rotatable bonds is 2. The molecule has 0 unspecified atom stereocenters. The van der Waals surface area contributed by atoms with Gasteiger partial charge in [-0.3, -0.25) is 4.79 Å². The van der Waals surface area contributed by atoms with Gasteiger partial charge in [-0.15, -0.1) is 0 Å². The van der Waals surface area contributed by atoms with Crippen molar-refractivity contribution in [2.24, 2.45) is 0 Å². The quantitative estimate of drug-likeness (QED) is 0.866. The molecular weight excluding hydrogens is 226 g/mol. The molecule has 79 valence electrons. The summed E-state index contributed by atoms with van der Waals surface area (Å²) >= 11 is 5.76. The van der Waals surface area contributed by atoms with Crippen molar-refractivity contribution in [3.05, 3.63) is 47.2 Å². The average Bonchev–Trinajstić information content (AvgIpc) is 2.30. The summed E-state index contributed by atoms with van der Waals surface area (Å²) in [5.41, 5.74) is 1.50. The second-order valence-electron chi connectivity index (χ2n) is 3.20. The van der Waals surface area contributed by atoms with Crippen LogP contribution in [-0.2, 0) is 4.79 Å². The van der Waals surface area contributed by atoms with Crippen LogP contribution in [0.15, 0.2) is 36.5 Å². The van der Waals surface area contributed by atoms with Crippen molar-refractivity contribution < 1.29 is 9.90 Å². The van der Waals surface area contributed by atoms with Crippen LogP contribution in [0.2, 0.25) is 5.02 Å². The SMILES string of the molecule is O=[C]c1ncc(-c2ccc(Cl)cc2)cc1O. The van der Waals surface area contributed by atoms with E-state index in [9.17, 15) is 9.90 Å². The highest BCUT2D eigenvalue weighted by atomic mass is 35.5. The molecule has 3 nitrogen and oxygen atoms in total. The van der Waals surface area contributed by atoms with Crippen molar-refractivity contribution >= 4 is 17.9 Å². The van der Waals surface area contributed by atoms with Gasteiger partial charge in [0.25, 0.3) is 6.29 Å². The lowest BCUT2D eigenvalue weighted by Gasteiger charge is -2.02. The van der Waals surface area contributed by atoms with E-state index < -0.39 is 0 Å². The summed E-state index contributed by atoms with van der Waals surface area (Å²) in [6.07, 6.45) is 3.05. The van der Waals surface area contributed by atoms with E-state index in [1.165, 1.54) is 12.3 Å². The summed E-state index contributed by atoms with van der Waals surface area (Å²) < 4.78 is 0. The Kier molecular flexibility index (Phi) is 2.88. The summed E-state index contributed by atoms with van der Waals surface area (Å²) in [5, 5.41) is 10.1. The van der Waals surface area contributed by atoms with E-state index in [2.05, 4.69) is 4.98 Å². The molecule has 0 aliphatic rings. The molecule has 0 atom stereocenters. The molecule has 1 aromatic heterocycles. The van der Waals surface area contributed by atoms with Crippen LogP contribution in [0.1, 0.15) is 5.69 Å². The zero-order chi connectivity index (χ0) is 11.5. The molecular formula is C12H7ClNO2. The maximum absolute atomic E-state index is 10.4.